The van der Waals surface area contributed by atoms with E-state index >= 15 is 0 Å². The molecule has 3 heterocycles. The number of hydrogen-bond acceptors (Lipinski definition) is 6. The van der Waals surface area contributed by atoms with Crippen LogP contribution in [-0.4, -0.2) is 39.2 Å². The Balaban J connectivity index is 1.63. The summed E-state index contributed by atoms with van der Waals surface area (Å²) in [4.78, 5) is 42.1. The number of amides is 2. The molecule has 0 unspecified atom stereocenters. The summed E-state index contributed by atoms with van der Waals surface area (Å²) in [6.45, 7) is 0.784. The van der Waals surface area contributed by atoms with Crippen molar-refractivity contribution in [1.29, 1.82) is 0 Å². The number of hydrogen-bond donors (Lipinski definition) is 0. The van der Waals surface area contributed by atoms with Crippen LogP contribution in [0.25, 0.3) is 0 Å². The third kappa shape index (κ3) is 2.04. The van der Waals surface area contributed by atoms with Crippen LogP contribution in [0.1, 0.15) is 42.5 Å². The van der Waals surface area contributed by atoms with Gasteiger partial charge in [-0.05, 0) is 12.1 Å². The van der Waals surface area contributed by atoms with E-state index in [0.717, 1.165) is 5.69 Å². The third-order valence-corrected chi connectivity index (χ3v) is 4.08. The Hall–Kier alpha value is -3.00. The molecule has 0 atom stereocenters. The first kappa shape index (κ1) is 14.6. The van der Waals surface area contributed by atoms with Crippen molar-refractivity contribution < 1.29 is 24.0 Å². The zero-order valence-electron chi connectivity index (χ0n) is 12.8. The highest BCUT2D eigenvalue weighted by atomic mass is 16.7. The molecule has 0 bridgehead atoms. The minimum absolute atomic E-state index is 0.182. The molecule has 24 heavy (non-hydrogen) atoms. The molecule has 0 saturated carbocycles. The van der Waals surface area contributed by atoms with Crippen LogP contribution in [0.4, 0.5) is 0 Å². The first-order chi connectivity index (χ1) is 11.6. The van der Waals surface area contributed by atoms with Gasteiger partial charge in [0.15, 0.2) is 5.69 Å². The summed E-state index contributed by atoms with van der Waals surface area (Å²) in [5.41, 5.74) is 2.00. The van der Waals surface area contributed by atoms with Crippen LogP contribution in [-0.2, 0) is 29.6 Å². The maximum Gasteiger partial charge on any atom is 0.382 e. The van der Waals surface area contributed by atoms with Crippen molar-refractivity contribution in [2.45, 2.75) is 13.0 Å². The molecule has 0 N–H and O–H groups in total. The summed E-state index contributed by atoms with van der Waals surface area (Å²) in [7, 11) is 1.61. The van der Waals surface area contributed by atoms with Crippen LogP contribution >= 0.6 is 0 Å². The Morgan fingerprint density at radius 3 is 2.54 bits per heavy atom. The SMILES string of the molecule is Cn1nc2c(c1C(=O)ON1C(=O)c3ccccc3C1=O)COCC2. The van der Waals surface area contributed by atoms with E-state index in [1.54, 1.807) is 19.2 Å². The molecule has 8 nitrogen and oxygen atoms in total. The van der Waals surface area contributed by atoms with E-state index in [1.165, 1.54) is 16.8 Å². The van der Waals surface area contributed by atoms with Crippen molar-refractivity contribution in [3.05, 3.63) is 52.3 Å². The van der Waals surface area contributed by atoms with E-state index in [9.17, 15) is 14.4 Å². The van der Waals surface area contributed by atoms with Crippen molar-refractivity contribution in [2.75, 3.05) is 6.61 Å². The van der Waals surface area contributed by atoms with Crippen LogP contribution < -0.4 is 0 Å². The molecule has 122 valence electrons. The van der Waals surface area contributed by atoms with Gasteiger partial charge in [-0.25, -0.2) is 4.79 Å². The molecule has 2 aliphatic heterocycles. The largest absolute Gasteiger partial charge is 0.382 e. The van der Waals surface area contributed by atoms with Gasteiger partial charge in [0, 0.05) is 19.0 Å². The summed E-state index contributed by atoms with van der Waals surface area (Å²) in [5.74, 6) is -2.13. The molecule has 4 rings (SSSR count). The van der Waals surface area contributed by atoms with Gasteiger partial charge in [0.05, 0.1) is 30.0 Å². The number of fused-ring (bicyclic) bond motifs is 2. The van der Waals surface area contributed by atoms with Crippen LogP contribution in [0.5, 0.6) is 0 Å². The number of hydroxylamine groups is 2. The van der Waals surface area contributed by atoms with Crippen molar-refractivity contribution in [3.63, 3.8) is 0 Å². The number of carbonyl (C=O) groups excluding carboxylic acids is 3. The Labute approximate surface area is 136 Å². The van der Waals surface area contributed by atoms with Crippen LogP contribution in [0.3, 0.4) is 0 Å². The summed E-state index contributed by atoms with van der Waals surface area (Å²) in [5, 5.41) is 4.77. The average molecular weight is 327 g/mol. The number of carbonyl (C=O) groups is 3. The van der Waals surface area contributed by atoms with Crippen LogP contribution in [0.15, 0.2) is 24.3 Å². The second kappa shape index (κ2) is 5.27. The minimum atomic E-state index is -0.814. The fraction of sp³-hybridized carbons (Fsp3) is 0.250. The van der Waals surface area contributed by atoms with Gasteiger partial charge in [0.1, 0.15) is 0 Å². The molecule has 0 aliphatic carbocycles. The maximum absolute atomic E-state index is 12.5. The number of ether oxygens (including phenoxy) is 1. The molecule has 1 aromatic heterocycles. The number of benzene rings is 1. The number of rotatable bonds is 2. The minimum Gasteiger partial charge on any atom is -0.376 e. The highest BCUT2D eigenvalue weighted by molar-refractivity contribution is 6.21. The predicted molar refractivity (Wildman–Crippen MR) is 78.9 cm³/mol. The number of aromatic nitrogens is 2. The number of nitrogens with zero attached hydrogens (tertiary/aromatic N) is 3. The summed E-state index contributed by atoms with van der Waals surface area (Å²) >= 11 is 0. The Morgan fingerprint density at radius 1 is 1.21 bits per heavy atom. The Kier molecular flexibility index (Phi) is 3.20. The van der Waals surface area contributed by atoms with E-state index in [-0.39, 0.29) is 23.4 Å². The fourth-order valence-corrected chi connectivity index (χ4v) is 2.95. The quantitative estimate of drug-likeness (QED) is 0.760. The zero-order chi connectivity index (χ0) is 16.8. The summed E-state index contributed by atoms with van der Waals surface area (Å²) in [6, 6.07) is 6.32. The highest BCUT2D eigenvalue weighted by Gasteiger charge is 2.39. The summed E-state index contributed by atoms with van der Waals surface area (Å²) < 4.78 is 6.74. The van der Waals surface area contributed by atoms with Crippen molar-refractivity contribution >= 4 is 17.8 Å². The standard InChI is InChI=1S/C16H13N3O5/c1-18-13(11-8-23-7-6-12(11)17-18)16(22)24-19-14(20)9-4-2-3-5-10(9)15(19)21/h2-5H,6-8H2,1H3. The molecule has 1 aromatic carbocycles. The second-order valence-electron chi connectivity index (χ2n) is 5.53. The van der Waals surface area contributed by atoms with E-state index in [0.29, 0.717) is 23.7 Å². The smallest absolute Gasteiger partial charge is 0.376 e. The molecule has 2 amide bonds. The normalized spacial score (nSPS) is 16.1. The zero-order valence-corrected chi connectivity index (χ0v) is 12.8. The lowest BCUT2D eigenvalue weighted by Crippen LogP contribution is -2.33. The van der Waals surface area contributed by atoms with E-state index in [4.69, 9.17) is 9.57 Å². The lowest BCUT2D eigenvalue weighted by molar-refractivity contribution is -0.0593. The maximum atomic E-state index is 12.5. The second-order valence-corrected chi connectivity index (χ2v) is 5.53. The van der Waals surface area contributed by atoms with E-state index in [1.807, 2.05) is 0 Å². The molecule has 0 saturated heterocycles. The Bertz CT molecular complexity index is 851. The van der Waals surface area contributed by atoms with Gasteiger partial charge in [-0.1, -0.05) is 17.2 Å². The molecule has 0 spiro atoms. The monoisotopic (exact) mass is 327 g/mol. The van der Waals surface area contributed by atoms with E-state index < -0.39 is 17.8 Å². The van der Waals surface area contributed by atoms with E-state index in [2.05, 4.69) is 5.10 Å². The molecular formula is C16H13N3O5. The molecular weight excluding hydrogens is 314 g/mol. The Morgan fingerprint density at radius 2 is 1.88 bits per heavy atom. The van der Waals surface area contributed by atoms with Gasteiger partial charge in [0.2, 0.25) is 0 Å². The number of aryl methyl sites for hydroxylation is 1. The average Bonchev–Trinajstić information content (AvgIpc) is 3.04. The van der Waals surface area contributed by atoms with Crippen LogP contribution in [0.2, 0.25) is 0 Å². The first-order valence-corrected chi connectivity index (χ1v) is 7.40. The molecule has 8 heteroatoms. The van der Waals surface area contributed by atoms with Gasteiger partial charge in [-0.2, -0.15) is 5.10 Å². The van der Waals surface area contributed by atoms with Gasteiger partial charge in [-0.15, -0.1) is 0 Å². The lowest BCUT2D eigenvalue weighted by atomic mass is 10.1. The topological polar surface area (TPSA) is 90.7 Å². The summed E-state index contributed by atoms with van der Waals surface area (Å²) in [6.07, 6.45) is 0.601. The van der Waals surface area contributed by atoms with Crippen molar-refractivity contribution in [2.24, 2.45) is 7.05 Å². The molecule has 0 radical (unpaired) electrons. The first-order valence-electron chi connectivity index (χ1n) is 7.40. The molecule has 0 fully saturated rings. The predicted octanol–water partition coefficient (Wildman–Crippen LogP) is 0.861. The van der Waals surface area contributed by atoms with Crippen LogP contribution in [0, 0.1) is 0 Å². The fourth-order valence-electron chi connectivity index (χ4n) is 2.95. The van der Waals surface area contributed by atoms with Gasteiger partial charge >= 0.3 is 5.97 Å². The lowest BCUT2D eigenvalue weighted by Gasteiger charge is -2.15. The van der Waals surface area contributed by atoms with Gasteiger partial charge in [0.25, 0.3) is 11.8 Å². The van der Waals surface area contributed by atoms with Gasteiger partial charge < -0.3 is 9.57 Å². The third-order valence-electron chi connectivity index (χ3n) is 4.08. The van der Waals surface area contributed by atoms with Crippen molar-refractivity contribution in [1.82, 2.24) is 14.8 Å². The molecule has 2 aromatic rings. The van der Waals surface area contributed by atoms with Gasteiger partial charge in [-0.3, -0.25) is 14.3 Å². The molecule has 2 aliphatic rings. The van der Waals surface area contributed by atoms with Crippen molar-refractivity contribution in [3.8, 4) is 0 Å². The highest BCUT2D eigenvalue weighted by Crippen LogP contribution is 2.25. The number of imide groups is 1.